The van der Waals surface area contributed by atoms with Crippen molar-refractivity contribution in [3.05, 3.63) is 28.8 Å². The molecule has 0 amide bonds. The van der Waals surface area contributed by atoms with Crippen LogP contribution in [0.15, 0.2) is 12.1 Å². The standard InChI is InChI=1S/C14H18O2/c1-9-5-6-11(16-4)13-12(9)10(15)7-8-14(13,2)3/h5-6H,7-8H2,1-4H3. The van der Waals surface area contributed by atoms with Crippen molar-refractivity contribution < 1.29 is 9.53 Å². The first-order valence-electron chi connectivity index (χ1n) is 5.68. The molecule has 1 aliphatic carbocycles. The monoisotopic (exact) mass is 218 g/mol. The largest absolute Gasteiger partial charge is 0.496 e. The third-order valence-corrected chi connectivity index (χ3v) is 3.53. The molecule has 2 heteroatoms. The quantitative estimate of drug-likeness (QED) is 0.723. The van der Waals surface area contributed by atoms with Gasteiger partial charge in [0.2, 0.25) is 0 Å². The van der Waals surface area contributed by atoms with Gasteiger partial charge in [-0.25, -0.2) is 0 Å². The number of carbonyl (C=O) groups excluding carboxylic acids is 1. The number of methoxy groups -OCH3 is 1. The molecule has 0 aliphatic heterocycles. The summed E-state index contributed by atoms with van der Waals surface area (Å²) in [5.74, 6) is 1.10. The minimum absolute atomic E-state index is 0.0284. The average molecular weight is 218 g/mol. The number of benzene rings is 1. The van der Waals surface area contributed by atoms with Gasteiger partial charge in [0.1, 0.15) is 5.75 Å². The van der Waals surface area contributed by atoms with E-state index < -0.39 is 0 Å². The fourth-order valence-corrected chi connectivity index (χ4v) is 2.57. The Hall–Kier alpha value is -1.31. The van der Waals surface area contributed by atoms with E-state index in [0.29, 0.717) is 6.42 Å². The van der Waals surface area contributed by atoms with E-state index in [1.807, 2.05) is 19.1 Å². The molecule has 0 spiro atoms. The summed E-state index contributed by atoms with van der Waals surface area (Å²) in [5, 5.41) is 0. The molecule has 0 unspecified atom stereocenters. The van der Waals surface area contributed by atoms with E-state index in [1.54, 1.807) is 7.11 Å². The van der Waals surface area contributed by atoms with Crippen molar-refractivity contribution in [3.63, 3.8) is 0 Å². The number of carbonyl (C=O) groups is 1. The Bertz CT molecular complexity index is 444. The lowest BCUT2D eigenvalue weighted by Gasteiger charge is -2.33. The maximum absolute atomic E-state index is 12.0. The van der Waals surface area contributed by atoms with Gasteiger partial charge in [0.15, 0.2) is 5.78 Å². The maximum Gasteiger partial charge on any atom is 0.163 e. The molecule has 0 bridgehead atoms. The van der Waals surface area contributed by atoms with Crippen LogP contribution < -0.4 is 4.74 Å². The van der Waals surface area contributed by atoms with Gasteiger partial charge in [-0.05, 0) is 30.4 Å². The van der Waals surface area contributed by atoms with Crippen molar-refractivity contribution in [2.45, 2.75) is 39.0 Å². The first-order valence-corrected chi connectivity index (χ1v) is 5.68. The summed E-state index contributed by atoms with van der Waals surface area (Å²) in [6.45, 7) is 6.36. The Kier molecular flexibility index (Phi) is 2.53. The molecular formula is C14H18O2. The highest BCUT2D eigenvalue weighted by Crippen LogP contribution is 2.43. The van der Waals surface area contributed by atoms with Gasteiger partial charge in [0, 0.05) is 17.5 Å². The zero-order valence-electron chi connectivity index (χ0n) is 10.4. The van der Waals surface area contributed by atoms with Crippen molar-refractivity contribution in [1.82, 2.24) is 0 Å². The molecule has 0 heterocycles. The molecule has 2 nitrogen and oxygen atoms in total. The molecule has 0 atom stereocenters. The van der Waals surface area contributed by atoms with Gasteiger partial charge in [0.25, 0.3) is 0 Å². The number of Topliss-reactive ketones (excluding diaryl/α,β-unsaturated/α-hetero) is 1. The second kappa shape index (κ2) is 3.62. The summed E-state index contributed by atoms with van der Waals surface area (Å²) in [7, 11) is 1.67. The van der Waals surface area contributed by atoms with Gasteiger partial charge >= 0.3 is 0 Å². The van der Waals surface area contributed by atoms with Crippen LogP contribution in [0.1, 0.15) is 48.2 Å². The summed E-state index contributed by atoms with van der Waals surface area (Å²) < 4.78 is 5.40. The Morgan fingerprint density at radius 1 is 1.31 bits per heavy atom. The van der Waals surface area contributed by atoms with Crippen LogP contribution in [0.3, 0.4) is 0 Å². The van der Waals surface area contributed by atoms with E-state index in [9.17, 15) is 4.79 Å². The molecule has 16 heavy (non-hydrogen) atoms. The molecule has 0 saturated carbocycles. The molecule has 1 aliphatic rings. The second-order valence-corrected chi connectivity index (χ2v) is 5.14. The third kappa shape index (κ3) is 1.53. The van der Waals surface area contributed by atoms with Gasteiger partial charge in [-0.15, -0.1) is 0 Å². The Morgan fingerprint density at radius 2 is 2.00 bits per heavy atom. The van der Waals surface area contributed by atoms with Gasteiger partial charge in [0.05, 0.1) is 7.11 Å². The SMILES string of the molecule is COc1ccc(C)c2c1C(C)(C)CCC2=O. The topological polar surface area (TPSA) is 26.3 Å². The van der Waals surface area contributed by atoms with Crippen molar-refractivity contribution in [2.75, 3.05) is 7.11 Å². The Labute approximate surface area is 96.6 Å². The molecule has 86 valence electrons. The van der Waals surface area contributed by atoms with Crippen LogP contribution in [0.5, 0.6) is 5.75 Å². The Balaban J connectivity index is 2.76. The fraction of sp³-hybridized carbons (Fsp3) is 0.500. The first kappa shape index (κ1) is 11.2. The minimum atomic E-state index is 0.0284. The molecule has 0 saturated heterocycles. The second-order valence-electron chi connectivity index (χ2n) is 5.14. The highest BCUT2D eigenvalue weighted by molar-refractivity contribution is 6.01. The van der Waals surface area contributed by atoms with Crippen molar-refractivity contribution >= 4 is 5.78 Å². The van der Waals surface area contributed by atoms with Crippen molar-refractivity contribution in [2.24, 2.45) is 0 Å². The minimum Gasteiger partial charge on any atom is -0.496 e. The lowest BCUT2D eigenvalue weighted by Crippen LogP contribution is -2.28. The van der Waals surface area contributed by atoms with Gasteiger partial charge < -0.3 is 4.74 Å². The van der Waals surface area contributed by atoms with Crippen LogP contribution in [0.4, 0.5) is 0 Å². The van der Waals surface area contributed by atoms with Crippen LogP contribution >= 0.6 is 0 Å². The van der Waals surface area contributed by atoms with Crippen LogP contribution in [0.2, 0.25) is 0 Å². The van der Waals surface area contributed by atoms with Gasteiger partial charge in [-0.1, -0.05) is 19.9 Å². The molecule has 1 aromatic carbocycles. The van der Waals surface area contributed by atoms with E-state index in [2.05, 4.69) is 13.8 Å². The average Bonchev–Trinajstić information content (AvgIpc) is 2.24. The summed E-state index contributed by atoms with van der Waals surface area (Å²) in [5.41, 5.74) is 3.07. The third-order valence-electron chi connectivity index (χ3n) is 3.53. The summed E-state index contributed by atoms with van der Waals surface area (Å²) in [6, 6.07) is 3.94. The normalized spacial score (nSPS) is 18.1. The molecule has 0 aromatic heterocycles. The molecular weight excluding hydrogens is 200 g/mol. The lowest BCUT2D eigenvalue weighted by molar-refractivity contribution is 0.0954. The van der Waals surface area contributed by atoms with Crippen LogP contribution in [-0.4, -0.2) is 12.9 Å². The van der Waals surface area contributed by atoms with Crippen LogP contribution in [0.25, 0.3) is 0 Å². The van der Waals surface area contributed by atoms with Crippen molar-refractivity contribution in [1.29, 1.82) is 0 Å². The number of hydrogen-bond acceptors (Lipinski definition) is 2. The highest BCUT2D eigenvalue weighted by atomic mass is 16.5. The summed E-state index contributed by atoms with van der Waals surface area (Å²) in [6.07, 6.45) is 1.55. The number of aryl methyl sites for hydroxylation is 1. The van der Waals surface area contributed by atoms with E-state index in [4.69, 9.17) is 4.74 Å². The smallest absolute Gasteiger partial charge is 0.163 e. The molecule has 0 N–H and O–H groups in total. The fourth-order valence-electron chi connectivity index (χ4n) is 2.57. The summed E-state index contributed by atoms with van der Waals surface area (Å²) in [4.78, 5) is 12.0. The van der Waals surface area contributed by atoms with Crippen LogP contribution in [0, 0.1) is 6.92 Å². The van der Waals surface area contributed by atoms with Gasteiger partial charge in [-0.3, -0.25) is 4.79 Å². The van der Waals surface area contributed by atoms with Crippen LogP contribution in [-0.2, 0) is 5.41 Å². The van der Waals surface area contributed by atoms with E-state index in [-0.39, 0.29) is 11.2 Å². The number of fused-ring (bicyclic) bond motifs is 1. The van der Waals surface area contributed by atoms with E-state index >= 15 is 0 Å². The lowest BCUT2D eigenvalue weighted by atomic mass is 9.71. The van der Waals surface area contributed by atoms with E-state index in [1.165, 1.54) is 0 Å². The predicted octanol–water partition coefficient (Wildman–Crippen LogP) is 3.26. The van der Waals surface area contributed by atoms with Crippen molar-refractivity contribution in [3.8, 4) is 5.75 Å². The Morgan fingerprint density at radius 3 is 2.62 bits per heavy atom. The summed E-state index contributed by atoms with van der Waals surface area (Å²) >= 11 is 0. The number of ether oxygens (including phenoxy) is 1. The maximum atomic E-state index is 12.0. The molecule has 0 radical (unpaired) electrons. The highest BCUT2D eigenvalue weighted by Gasteiger charge is 2.35. The van der Waals surface area contributed by atoms with E-state index in [0.717, 1.165) is 28.9 Å². The zero-order chi connectivity index (χ0) is 11.9. The molecule has 2 rings (SSSR count). The number of ketones is 1. The predicted molar refractivity (Wildman–Crippen MR) is 64.3 cm³/mol. The molecule has 1 aromatic rings. The number of hydrogen-bond donors (Lipinski definition) is 0. The first-order chi connectivity index (χ1) is 7.47. The zero-order valence-corrected chi connectivity index (χ0v) is 10.4. The molecule has 0 fully saturated rings. The number of rotatable bonds is 1. The van der Waals surface area contributed by atoms with Gasteiger partial charge in [-0.2, -0.15) is 0 Å².